The van der Waals surface area contributed by atoms with Gasteiger partial charge in [-0.1, -0.05) is 34.1 Å². The van der Waals surface area contributed by atoms with Crippen LogP contribution in [0, 0.1) is 23.7 Å². The lowest BCUT2D eigenvalue weighted by Crippen LogP contribution is -2.32. The van der Waals surface area contributed by atoms with Crippen molar-refractivity contribution in [2.24, 2.45) is 23.7 Å². The van der Waals surface area contributed by atoms with E-state index in [-0.39, 0.29) is 41.6 Å². The minimum atomic E-state index is -0.674. The van der Waals surface area contributed by atoms with Gasteiger partial charge in [0.05, 0.1) is 23.1 Å². The SMILES string of the molecule is O=C(COC(=O)c1cccc(N2C(=O)[C@H]3[C@@H]4CC[C@H](C4)[C@@H]3C2=O)c1)c1ccc(Br)cc1. The van der Waals surface area contributed by atoms with Gasteiger partial charge in [-0.15, -0.1) is 0 Å². The van der Waals surface area contributed by atoms with Gasteiger partial charge in [0.25, 0.3) is 0 Å². The van der Waals surface area contributed by atoms with Crippen molar-refractivity contribution in [2.45, 2.75) is 19.3 Å². The van der Waals surface area contributed by atoms with Crippen LogP contribution in [0.3, 0.4) is 0 Å². The predicted octanol–water partition coefficient (Wildman–Crippen LogP) is 4.02. The minimum absolute atomic E-state index is 0.155. The number of hydrogen-bond acceptors (Lipinski definition) is 5. The van der Waals surface area contributed by atoms with Crippen LogP contribution < -0.4 is 4.90 Å². The molecular weight excluding hydrogens is 462 g/mol. The van der Waals surface area contributed by atoms with Gasteiger partial charge in [-0.2, -0.15) is 0 Å². The summed E-state index contributed by atoms with van der Waals surface area (Å²) in [7, 11) is 0. The number of rotatable bonds is 5. The summed E-state index contributed by atoms with van der Waals surface area (Å²) in [6.07, 6.45) is 2.99. The average Bonchev–Trinajstić information content (AvgIpc) is 3.46. The first-order chi connectivity index (χ1) is 14.9. The van der Waals surface area contributed by atoms with Gasteiger partial charge in [-0.3, -0.25) is 19.3 Å². The first kappa shape index (κ1) is 20.1. The zero-order chi connectivity index (χ0) is 21.7. The van der Waals surface area contributed by atoms with Gasteiger partial charge in [-0.05, 0) is 61.4 Å². The second-order valence-corrected chi connectivity index (χ2v) is 9.37. The van der Waals surface area contributed by atoms with Gasteiger partial charge in [0.1, 0.15) is 0 Å². The van der Waals surface area contributed by atoms with Crippen LogP contribution in [0.2, 0.25) is 0 Å². The molecule has 0 spiro atoms. The van der Waals surface area contributed by atoms with Gasteiger partial charge in [0, 0.05) is 10.0 Å². The first-order valence-corrected chi connectivity index (χ1v) is 11.2. The van der Waals surface area contributed by atoms with Crippen molar-refractivity contribution in [1.29, 1.82) is 0 Å². The molecule has 1 saturated heterocycles. The topological polar surface area (TPSA) is 80.8 Å². The molecule has 1 heterocycles. The lowest BCUT2D eigenvalue weighted by atomic mass is 9.81. The summed E-state index contributed by atoms with van der Waals surface area (Å²) in [5.74, 6) is -1.13. The number of carbonyl (C=O) groups is 4. The van der Waals surface area contributed by atoms with Crippen molar-refractivity contribution >= 4 is 45.2 Å². The number of esters is 1. The van der Waals surface area contributed by atoms with E-state index in [4.69, 9.17) is 4.74 Å². The Labute approximate surface area is 187 Å². The highest BCUT2D eigenvalue weighted by molar-refractivity contribution is 9.10. The smallest absolute Gasteiger partial charge is 0.338 e. The summed E-state index contributed by atoms with van der Waals surface area (Å²) in [4.78, 5) is 52.0. The van der Waals surface area contributed by atoms with Crippen molar-refractivity contribution in [2.75, 3.05) is 11.5 Å². The highest BCUT2D eigenvalue weighted by Gasteiger charge is 2.61. The highest BCUT2D eigenvalue weighted by atomic mass is 79.9. The number of ketones is 1. The summed E-state index contributed by atoms with van der Waals surface area (Å²) in [5.41, 5.74) is 1.03. The molecule has 2 aliphatic carbocycles. The minimum Gasteiger partial charge on any atom is -0.454 e. The third kappa shape index (κ3) is 3.41. The van der Waals surface area contributed by atoms with E-state index in [1.54, 1.807) is 42.5 Å². The monoisotopic (exact) mass is 481 g/mol. The maximum absolute atomic E-state index is 13.0. The molecule has 2 saturated carbocycles. The molecule has 31 heavy (non-hydrogen) atoms. The van der Waals surface area contributed by atoms with Gasteiger partial charge in [-0.25, -0.2) is 4.79 Å². The summed E-state index contributed by atoms with van der Waals surface area (Å²) >= 11 is 3.31. The van der Waals surface area contributed by atoms with Crippen LogP contribution in [0.1, 0.15) is 40.0 Å². The van der Waals surface area contributed by atoms with Crippen molar-refractivity contribution in [3.8, 4) is 0 Å². The second-order valence-electron chi connectivity index (χ2n) is 8.45. The Balaban J connectivity index is 1.29. The number of anilines is 1. The molecule has 2 amide bonds. The zero-order valence-corrected chi connectivity index (χ0v) is 18.2. The van der Waals surface area contributed by atoms with Crippen LogP contribution in [0.4, 0.5) is 5.69 Å². The summed E-state index contributed by atoms with van der Waals surface area (Å²) in [6, 6.07) is 13.1. The molecular formula is C24H20BrNO5. The lowest BCUT2D eigenvalue weighted by molar-refractivity contribution is -0.123. The number of carbonyl (C=O) groups excluding carboxylic acids is 4. The fourth-order valence-electron chi connectivity index (χ4n) is 5.37. The number of halogens is 1. The van der Waals surface area contributed by atoms with E-state index in [0.29, 0.717) is 23.1 Å². The zero-order valence-electron chi connectivity index (χ0n) is 16.6. The maximum Gasteiger partial charge on any atom is 0.338 e. The van der Waals surface area contributed by atoms with Crippen molar-refractivity contribution in [1.82, 2.24) is 0 Å². The number of Topliss-reactive ketones (excluding diaryl/α,β-unsaturated/α-hetero) is 1. The van der Waals surface area contributed by atoms with Gasteiger partial charge >= 0.3 is 5.97 Å². The third-order valence-corrected chi connectivity index (χ3v) is 7.30. The molecule has 2 aromatic rings. The fraction of sp³-hybridized carbons (Fsp3) is 0.333. The van der Waals surface area contributed by atoms with Crippen LogP contribution in [-0.2, 0) is 14.3 Å². The van der Waals surface area contributed by atoms with Crippen molar-refractivity contribution < 1.29 is 23.9 Å². The molecule has 0 radical (unpaired) electrons. The number of fused-ring (bicyclic) bond motifs is 5. The van der Waals surface area contributed by atoms with E-state index in [0.717, 1.165) is 23.7 Å². The van der Waals surface area contributed by atoms with Crippen LogP contribution in [-0.4, -0.2) is 30.2 Å². The summed E-state index contributed by atoms with van der Waals surface area (Å²) in [6.45, 7) is -0.389. The summed E-state index contributed by atoms with van der Waals surface area (Å²) < 4.78 is 6.02. The molecule has 7 heteroatoms. The molecule has 0 N–H and O–H groups in total. The molecule has 6 nitrogen and oxygen atoms in total. The number of nitrogens with zero attached hydrogens (tertiary/aromatic N) is 1. The largest absolute Gasteiger partial charge is 0.454 e. The molecule has 2 aromatic carbocycles. The fourth-order valence-corrected chi connectivity index (χ4v) is 5.63. The maximum atomic E-state index is 13.0. The first-order valence-electron chi connectivity index (χ1n) is 10.4. The molecule has 1 aliphatic heterocycles. The van der Waals surface area contributed by atoms with E-state index >= 15 is 0 Å². The van der Waals surface area contributed by atoms with Gasteiger partial charge in [0.15, 0.2) is 12.4 Å². The van der Waals surface area contributed by atoms with Crippen LogP contribution in [0.15, 0.2) is 53.0 Å². The average molecular weight is 482 g/mol. The molecule has 0 unspecified atom stereocenters. The quantitative estimate of drug-likeness (QED) is 0.365. The van der Waals surface area contributed by atoms with Crippen LogP contribution >= 0.6 is 15.9 Å². The molecule has 3 fully saturated rings. The predicted molar refractivity (Wildman–Crippen MR) is 116 cm³/mol. The summed E-state index contributed by atoms with van der Waals surface area (Å²) in [5, 5.41) is 0. The Morgan fingerprint density at radius 2 is 1.58 bits per heavy atom. The Morgan fingerprint density at radius 3 is 2.23 bits per heavy atom. The molecule has 5 rings (SSSR count). The molecule has 0 aromatic heterocycles. The molecule has 158 valence electrons. The molecule has 3 aliphatic rings. The Morgan fingerprint density at radius 1 is 0.935 bits per heavy atom. The Bertz CT molecular complexity index is 1070. The van der Waals surface area contributed by atoms with Crippen LogP contribution in [0.5, 0.6) is 0 Å². The normalized spacial score (nSPS) is 26.3. The number of imide groups is 1. The number of amides is 2. The van der Waals surface area contributed by atoms with Crippen LogP contribution in [0.25, 0.3) is 0 Å². The van der Waals surface area contributed by atoms with Crippen molar-refractivity contribution in [3.05, 3.63) is 64.1 Å². The van der Waals surface area contributed by atoms with E-state index < -0.39 is 5.97 Å². The van der Waals surface area contributed by atoms with Gasteiger partial charge in [0.2, 0.25) is 11.8 Å². The number of benzene rings is 2. The Kier molecular flexibility index (Phi) is 5.01. The van der Waals surface area contributed by atoms with E-state index in [2.05, 4.69) is 15.9 Å². The second kappa shape index (κ2) is 7.71. The molecule has 2 bridgehead atoms. The molecule has 4 atom stereocenters. The highest BCUT2D eigenvalue weighted by Crippen LogP contribution is 2.56. The number of ether oxygens (including phenoxy) is 1. The van der Waals surface area contributed by atoms with Crippen molar-refractivity contribution in [3.63, 3.8) is 0 Å². The number of hydrogen-bond donors (Lipinski definition) is 0. The Hall–Kier alpha value is -2.80. The third-order valence-electron chi connectivity index (χ3n) is 6.77. The lowest BCUT2D eigenvalue weighted by Gasteiger charge is -2.19. The van der Waals surface area contributed by atoms with Gasteiger partial charge < -0.3 is 4.74 Å². The van der Waals surface area contributed by atoms with E-state index in [1.807, 2.05) is 0 Å². The van der Waals surface area contributed by atoms with E-state index in [1.165, 1.54) is 11.0 Å². The van der Waals surface area contributed by atoms with E-state index in [9.17, 15) is 19.2 Å². The standard InChI is InChI=1S/C24H20BrNO5/c25-17-8-6-13(7-9-17)19(27)12-31-24(30)16-2-1-3-18(11-16)26-22(28)20-14-4-5-15(10-14)21(20)23(26)29/h1-3,6-9,11,14-15,20-21H,4-5,10,12H2/t14-,15-,20+,21+/m1/s1.